The number of hydrogen-bond donors (Lipinski definition) is 2. The Bertz CT molecular complexity index is 868. The van der Waals surface area contributed by atoms with E-state index in [0.717, 1.165) is 51.1 Å². The molecule has 1 saturated heterocycles. The van der Waals surface area contributed by atoms with Crippen molar-refractivity contribution in [3.63, 3.8) is 0 Å². The summed E-state index contributed by atoms with van der Waals surface area (Å²) in [7, 11) is 0. The van der Waals surface area contributed by atoms with Gasteiger partial charge in [-0.1, -0.05) is 29.5 Å². The minimum absolute atomic E-state index is 0.131. The SMILES string of the molecule is Cc1c(C(=O)NCC(C)(C)N2CCc3ccccc3C2)nnn1C1CCNCC1. The molecule has 4 rings (SSSR count). The maximum atomic E-state index is 12.8. The number of amides is 1. The first-order valence-electron chi connectivity index (χ1n) is 10.7. The maximum Gasteiger partial charge on any atom is 0.273 e. The van der Waals surface area contributed by atoms with Crippen LogP contribution in [0, 0.1) is 6.92 Å². The molecular formula is C22H32N6O. The van der Waals surface area contributed by atoms with Crippen LogP contribution in [0.4, 0.5) is 0 Å². The third kappa shape index (κ3) is 4.21. The van der Waals surface area contributed by atoms with Crippen LogP contribution in [0.25, 0.3) is 0 Å². The van der Waals surface area contributed by atoms with Crippen LogP contribution in [0.2, 0.25) is 0 Å². The van der Waals surface area contributed by atoms with Gasteiger partial charge in [-0.2, -0.15) is 0 Å². The van der Waals surface area contributed by atoms with Gasteiger partial charge in [0.2, 0.25) is 0 Å². The lowest BCUT2D eigenvalue weighted by Crippen LogP contribution is -2.53. The lowest BCUT2D eigenvalue weighted by molar-refractivity contribution is 0.0822. The molecule has 0 bridgehead atoms. The standard InChI is InChI=1S/C22H32N6O/c1-16-20(25-26-28(16)19-8-11-23-12-9-19)21(29)24-15-22(2,3)27-13-10-17-6-4-5-7-18(17)14-27/h4-7,19,23H,8-15H2,1-3H3,(H,24,29). The molecule has 1 aromatic carbocycles. The van der Waals surface area contributed by atoms with E-state index in [-0.39, 0.29) is 11.4 Å². The van der Waals surface area contributed by atoms with Gasteiger partial charge in [-0.05, 0) is 64.3 Å². The van der Waals surface area contributed by atoms with Crippen molar-refractivity contribution >= 4 is 5.91 Å². The first-order chi connectivity index (χ1) is 14.0. The zero-order valence-corrected chi connectivity index (χ0v) is 17.7. The zero-order valence-electron chi connectivity index (χ0n) is 17.7. The molecule has 7 nitrogen and oxygen atoms in total. The van der Waals surface area contributed by atoms with Crippen LogP contribution >= 0.6 is 0 Å². The largest absolute Gasteiger partial charge is 0.349 e. The second-order valence-corrected chi connectivity index (χ2v) is 8.88. The number of carbonyl (C=O) groups is 1. The van der Waals surface area contributed by atoms with Crippen molar-refractivity contribution in [1.29, 1.82) is 0 Å². The van der Waals surface area contributed by atoms with Crippen LogP contribution in [0.3, 0.4) is 0 Å². The first-order valence-corrected chi connectivity index (χ1v) is 10.7. The normalized spacial score (nSPS) is 18.4. The summed E-state index contributed by atoms with van der Waals surface area (Å²) >= 11 is 0. The van der Waals surface area contributed by atoms with Gasteiger partial charge in [0, 0.05) is 25.2 Å². The Morgan fingerprint density at radius 1 is 1.24 bits per heavy atom. The van der Waals surface area contributed by atoms with Crippen LogP contribution < -0.4 is 10.6 Å². The number of aromatic nitrogens is 3. The summed E-state index contributed by atoms with van der Waals surface area (Å²) in [5.74, 6) is -0.131. The lowest BCUT2D eigenvalue weighted by Gasteiger charge is -2.41. The molecule has 7 heteroatoms. The molecule has 1 fully saturated rings. The minimum atomic E-state index is -0.137. The van der Waals surface area contributed by atoms with E-state index in [0.29, 0.717) is 18.3 Å². The van der Waals surface area contributed by atoms with Crippen molar-refractivity contribution in [2.75, 3.05) is 26.2 Å². The van der Waals surface area contributed by atoms with Crippen molar-refractivity contribution in [1.82, 2.24) is 30.5 Å². The fourth-order valence-electron chi connectivity index (χ4n) is 4.45. The number of carbonyl (C=O) groups excluding carboxylic acids is 1. The highest BCUT2D eigenvalue weighted by Crippen LogP contribution is 2.25. The average Bonchev–Trinajstić information content (AvgIpc) is 3.13. The highest BCUT2D eigenvalue weighted by atomic mass is 16.2. The molecule has 156 valence electrons. The van der Waals surface area contributed by atoms with Crippen molar-refractivity contribution < 1.29 is 4.79 Å². The molecule has 3 heterocycles. The van der Waals surface area contributed by atoms with E-state index in [1.165, 1.54) is 11.1 Å². The van der Waals surface area contributed by atoms with Crippen LogP contribution in [0.1, 0.15) is 60.0 Å². The molecule has 0 atom stereocenters. The Morgan fingerprint density at radius 2 is 1.97 bits per heavy atom. The molecule has 0 radical (unpaired) electrons. The molecule has 29 heavy (non-hydrogen) atoms. The maximum absolute atomic E-state index is 12.8. The molecule has 2 N–H and O–H groups in total. The summed E-state index contributed by atoms with van der Waals surface area (Å²) in [6.45, 7) is 10.8. The molecule has 1 amide bonds. The second-order valence-electron chi connectivity index (χ2n) is 8.88. The van der Waals surface area contributed by atoms with Gasteiger partial charge in [-0.25, -0.2) is 4.68 Å². The molecule has 0 aliphatic carbocycles. The van der Waals surface area contributed by atoms with Gasteiger partial charge in [0.1, 0.15) is 0 Å². The average molecular weight is 397 g/mol. The van der Waals surface area contributed by atoms with E-state index in [1.807, 2.05) is 11.6 Å². The number of hydrogen-bond acceptors (Lipinski definition) is 5. The Balaban J connectivity index is 1.38. The van der Waals surface area contributed by atoms with E-state index >= 15 is 0 Å². The number of piperidine rings is 1. The van der Waals surface area contributed by atoms with Gasteiger partial charge in [-0.3, -0.25) is 9.69 Å². The predicted molar refractivity (Wildman–Crippen MR) is 113 cm³/mol. The smallest absolute Gasteiger partial charge is 0.273 e. The minimum Gasteiger partial charge on any atom is -0.349 e. The van der Waals surface area contributed by atoms with Gasteiger partial charge >= 0.3 is 0 Å². The monoisotopic (exact) mass is 396 g/mol. The first kappa shape index (κ1) is 20.0. The van der Waals surface area contributed by atoms with Crippen molar-refractivity contribution in [2.24, 2.45) is 0 Å². The van der Waals surface area contributed by atoms with E-state index in [2.05, 4.69) is 64.0 Å². The molecular weight excluding hydrogens is 364 g/mol. The van der Waals surface area contributed by atoms with Gasteiger partial charge in [0.25, 0.3) is 5.91 Å². The Hall–Kier alpha value is -2.25. The van der Waals surface area contributed by atoms with Gasteiger partial charge < -0.3 is 10.6 Å². The summed E-state index contributed by atoms with van der Waals surface area (Å²) < 4.78 is 1.93. The number of nitrogens with zero attached hydrogens (tertiary/aromatic N) is 4. The summed E-state index contributed by atoms with van der Waals surface area (Å²) in [5, 5.41) is 15.0. The van der Waals surface area contributed by atoms with Gasteiger partial charge in [-0.15, -0.1) is 5.10 Å². The summed E-state index contributed by atoms with van der Waals surface area (Å²) in [5.41, 5.74) is 4.00. The fraction of sp³-hybridized carbons (Fsp3) is 0.591. The quantitative estimate of drug-likeness (QED) is 0.809. The summed E-state index contributed by atoms with van der Waals surface area (Å²) in [4.78, 5) is 15.3. The van der Waals surface area contributed by atoms with E-state index in [1.54, 1.807) is 0 Å². The molecule has 0 spiro atoms. The number of benzene rings is 1. The Morgan fingerprint density at radius 3 is 2.72 bits per heavy atom. The van der Waals surface area contributed by atoms with Crippen LogP contribution in [0.5, 0.6) is 0 Å². The van der Waals surface area contributed by atoms with Crippen LogP contribution in [-0.4, -0.2) is 57.5 Å². The number of rotatable bonds is 5. The molecule has 2 aliphatic heterocycles. The van der Waals surface area contributed by atoms with Gasteiger partial charge in [0.05, 0.1) is 11.7 Å². The third-order valence-corrected chi connectivity index (χ3v) is 6.47. The topological polar surface area (TPSA) is 75.1 Å². The number of nitrogens with one attached hydrogen (secondary N) is 2. The van der Waals surface area contributed by atoms with E-state index < -0.39 is 0 Å². The highest BCUT2D eigenvalue weighted by Gasteiger charge is 2.31. The second kappa shape index (κ2) is 8.24. The molecule has 1 aromatic heterocycles. The fourth-order valence-corrected chi connectivity index (χ4v) is 4.45. The van der Waals surface area contributed by atoms with Crippen molar-refractivity contribution in [3.8, 4) is 0 Å². The molecule has 0 unspecified atom stereocenters. The summed E-state index contributed by atoms with van der Waals surface area (Å²) in [6.07, 6.45) is 3.10. The van der Waals surface area contributed by atoms with Crippen molar-refractivity contribution in [3.05, 3.63) is 46.8 Å². The lowest BCUT2D eigenvalue weighted by atomic mass is 9.94. The van der Waals surface area contributed by atoms with Crippen molar-refractivity contribution in [2.45, 2.75) is 58.2 Å². The van der Waals surface area contributed by atoms with Crippen LogP contribution in [0.15, 0.2) is 24.3 Å². The summed E-state index contributed by atoms with van der Waals surface area (Å²) in [6, 6.07) is 8.97. The van der Waals surface area contributed by atoms with E-state index in [4.69, 9.17) is 0 Å². The van der Waals surface area contributed by atoms with Gasteiger partial charge in [0.15, 0.2) is 5.69 Å². The molecule has 2 aromatic rings. The molecule has 0 saturated carbocycles. The molecule has 2 aliphatic rings. The third-order valence-electron chi connectivity index (χ3n) is 6.47. The Labute approximate surface area is 172 Å². The predicted octanol–water partition coefficient (Wildman–Crippen LogP) is 2.08. The Kier molecular flexibility index (Phi) is 5.69. The van der Waals surface area contributed by atoms with E-state index in [9.17, 15) is 4.79 Å². The number of fused-ring (bicyclic) bond motifs is 1. The zero-order chi connectivity index (χ0) is 20.4. The highest BCUT2D eigenvalue weighted by molar-refractivity contribution is 5.93. The van der Waals surface area contributed by atoms with Crippen LogP contribution in [-0.2, 0) is 13.0 Å².